The van der Waals surface area contributed by atoms with E-state index in [0.717, 1.165) is 24.2 Å². The van der Waals surface area contributed by atoms with Crippen molar-refractivity contribution < 1.29 is 24.2 Å². The molecule has 3 atom stereocenters. The number of likely N-dealkylation sites (N-methyl/N-ethyl adjacent to an activating group) is 1. The summed E-state index contributed by atoms with van der Waals surface area (Å²) in [5.74, 6) is -0.0752. The number of ether oxygens (including phenoxy) is 2. The Labute approximate surface area is 224 Å². The van der Waals surface area contributed by atoms with Crippen LogP contribution in [0.3, 0.4) is 0 Å². The second-order valence-electron chi connectivity index (χ2n) is 10.2. The number of carbonyl (C=O) groups is 2. The smallest absolute Gasteiger partial charge is 0.259 e. The lowest BCUT2D eigenvalue weighted by molar-refractivity contribution is -0.133. The molecule has 9 heteroatoms. The van der Waals surface area contributed by atoms with Gasteiger partial charge in [-0.25, -0.2) is 4.98 Å². The number of carbonyl (C=O) groups excluding carboxylic acids is 2. The Kier molecular flexibility index (Phi) is 9.49. The second-order valence-corrected chi connectivity index (χ2v) is 10.2. The summed E-state index contributed by atoms with van der Waals surface area (Å²) < 4.78 is 11.7. The molecule has 2 aliphatic heterocycles. The molecule has 1 fully saturated rings. The molecule has 0 aliphatic carbocycles. The van der Waals surface area contributed by atoms with Crippen LogP contribution in [0.25, 0.3) is 12.2 Å². The van der Waals surface area contributed by atoms with E-state index in [0.29, 0.717) is 38.4 Å². The molecular weight excluding hydrogens is 484 g/mol. The number of hydrogen-bond acceptors (Lipinski definition) is 7. The van der Waals surface area contributed by atoms with Crippen LogP contribution in [0.1, 0.15) is 35.3 Å². The average Bonchev–Trinajstić information content (AvgIpc) is 2.94. The summed E-state index contributed by atoms with van der Waals surface area (Å²) in [7, 11) is 1.78. The van der Waals surface area contributed by atoms with E-state index in [1.54, 1.807) is 29.1 Å². The van der Waals surface area contributed by atoms with E-state index in [-0.39, 0.29) is 42.4 Å². The first-order valence-electron chi connectivity index (χ1n) is 13.2. The minimum Gasteiger partial charge on any atom is -0.472 e. The van der Waals surface area contributed by atoms with E-state index in [9.17, 15) is 14.7 Å². The molecule has 0 spiro atoms. The lowest BCUT2D eigenvalue weighted by atomic mass is 9.99. The summed E-state index contributed by atoms with van der Waals surface area (Å²) in [6, 6.07) is 11.3. The third-order valence-corrected chi connectivity index (χ3v) is 7.15. The molecule has 1 aromatic carbocycles. The largest absolute Gasteiger partial charge is 0.472 e. The molecule has 38 heavy (non-hydrogen) atoms. The Bertz CT molecular complexity index is 1120. The van der Waals surface area contributed by atoms with Crippen molar-refractivity contribution in [3.8, 4) is 5.88 Å². The van der Waals surface area contributed by atoms with Crippen LogP contribution in [0.2, 0.25) is 0 Å². The molecule has 2 aromatic rings. The zero-order chi connectivity index (χ0) is 27.1. The lowest BCUT2D eigenvalue weighted by Gasteiger charge is -2.38. The number of morpholine rings is 1. The van der Waals surface area contributed by atoms with Gasteiger partial charge in [0.15, 0.2) is 0 Å². The Balaban J connectivity index is 1.56. The normalized spacial score (nSPS) is 21.4. The number of rotatable bonds is 8. The maximum Gasteiger partial charge on any atom is 0.259 e. The van der Waals surface area contributed by atoms with E-state index in [1.165, 1.54) is 0 Å². The van der Waals surface area contributed by atoms with Crippen molar-refractivity contribution >= 4 is 24.0 Å². The fourth-order valence-corrected chi connectivity index (χ4v) is 4.63. The van der Waals surface area contributed by atoms with Crippen LogP contribution in [0.4, 0.5) is 0 Å². The van der Waals surface area contributed by atoms with Gasteiger partial charge in [-0.3, -0.25) is 14.5 Å². The van der Waals surface area contributed by atoms with E-state index >= 15 is 0 Å². The number of amides is 2. The second kappa shape index (κ2) is 13.0. The van der Waals surface area contributed by atoms with Gasteiger partial charge in [0.2, 0.25) is 11.8 Å². The molecule has 204 valence electrons. The number of aromatic nitrogens is 1. The summed E-state index contributed by atoms with van der Waals surface area (Å²) in [5, 5.41) is 9.89. The van der Waals surface area contributed by atoms with Crippen LogP contribution < -0.4 is 4.74 Å². The number of pyridine rings is 1. The fraction of sp³-hybridized carbons (Fsp3) is 0.483. The van der Waals surface area contributed by atoms with Crippen molar-refractivity contribution in [2.45, 2.75) is 26.0 Å². The zero-order valence-corrected chi connectivity index (χ0v) is 22.5. The third-order valence-electron chi connectivity index (χ3n) is 7.15. The van der Waals surface area contributed by atoms with Crippen LogP contribution in [0.5, 0.6) is 5.88 Å². The lowest BCUT2D eigenvalue weighted by Crippen LogP contribution is -2.51. The molecule has 3 heterocycles. The molecule has 0 saturated carbocycles. The molecule has 0 radical (unpaired) electrons. The molecule has 2 aliphatic rings. The van der Waals surface area contributed by atoms with Crippen LogP contribution in [-0.4, -0.2) is 108 Å². The highest BCUT2D eigenvalue weighted by molar-refractivity contribution is 5.97. The van der Waals surface area contributed by atoms with Gasteiger partial charge in [-0.1, -0.05) is 49.4 Å². The number of aliphatic hydroxyl groups is 1. The first-order valence-corrected chi connectivity index (χ1v) is 13.2. The highest BCUT2D eigenvalue weighted by Crippen LogP contribution is 2.28. The number of nitrogens with zero attached hydrogens (tertiary/aromatic N) is 4. The summed E-state index contributed by atoms with van der Waals surface area (Å²) in [4.78, 5) is 36.6. The Hall–Kier alpha value is -3.27. The van der Waals surface area contributed by atoms with E-state index in [4.69, 9.17) is 9.47 Å². The number of hydrogen-bond donors (Lipinski definition) is 1. The van der Waals surface area contributed by atoms with Gasteiger partial charge in [0.1, 0.15) is 11.7 Å². The highest BCUT2D eigenvalue weighted by atomic mass is 16.5. The van der Waals surface area contributed by atoms with Crippen molar-refractivity contribution in [1.82, 2.24) is 19.7 Å². The third kappa shape index (κ3) is 6.98. The Morgan fingerprint density at radius 1 is 1.21 bits per heavy atom. The fourth-order valence-electron chi connectivity index (χ4n) is 4.63. The number of aliphatic hydroxyl groups excluding tert-OH is 1. The predicted octanol–water partition coefficient (Wildman–Crippen LogP) is 2.26. The molecule has 0 bridgehead atoms. The molecule has 4 rings (SSSR count). The van der Waals surface area contributed by atoms with Crippen molar-refractivity contribution in [3.05, 3.63) is 59.3 Å². The zero-order valence-electron chi connectivity index (χ0n) is 22.5. The van der Waals surface area contributed by atoms with Gasteiger partial charge in [-0.15, -0.1) is 0 Å². The minimum atomic E-state index is -0.382. The van der Waals surface area contributed by atoms with Crippen molar-refractivity contribution in [2.24, 2.45) is 5.92 Å². The van der Waals surface area contributed by atoms with E-state index < -0.39 is 0 Å². The van der Waals surface area contributed by atoms with Gasteiger partial charge < -0.3 is 24.4 Å². The number of fused-ring (bicyclic) bond motifs is 1. The summed E-state index contributed by atoms with van der Waals surface area (Å²) in [6.07, 6.45) is 5.17. The van der Waals surface area contributed by atoms with Crippen molar-refractivity contribution in [1.29, 1.82) is 0 Å². The molecule has 1 N–H and O–H groups in total. The Morgan fingerprint density at radius 3 is 2.63 bits per heavy atom. The van der Waals surface area contributed by atoms with Gasteiger partial charge in [-0.05, 0) is 24.1 Å². The molecular formula is C29H38N4O5. The van der Waals surface area contributed by atoms with Crippen molar-refractivity contribution in [2.75, 3.05) is 59.6 Å². The molecule has 0 unspecified atom stereocenters. The maximum absolute atomic E-state index is 13.6. The van der Waals surface area contributed by atoms with Gasteiger partial charge in [0.25, 0.3) is 5.91 Å². The molecule has 1 aromatic heterocycles. The minimum absolute atomic E-state index is 0.0102. The van der Waals surface area contributed by atoms with Gasteiger partial charge in [0, 0.05) is 38.8 Å². The summed E-state index contributed by atoms with van der Waals surface area (Å²) >= 11 is 0. The first kappa shape index (κ1) is 27.8. The first-order chi connectivity index (χ1) is 18.4. The van der Waals surface area contributed by atoms with Crippen LogP contribution in [-0.2, 0) is 9.53 Å². The highest BCUT2D eigenvalue weighted by Gasteiger charge is 2.34. The number of benzene rings is 1. The van der Waals surface area contributed by atoms with E-state index in [1.807, 2.05) is 56.3 Å². The summed E-state index contributed by atoms with van der Waals surface area (Å²) in [5.41, 5.74) is 2.15. The predicted molar refractivity (Wildman–Crippen MR) is 146 cm³/mol. The summed E-state index contributed by atoms with van der Waals surface area (Å²) in [6.45, 7) is 7.50. The molecule has 9 nitrogen and oxygen atoms in total. The van der Waals surface area contributed by atoms with Crippen LogP contribution in [0, 0.1) is 5.92 Å². The Morgan fingerprint density at radius 2 is 1.92 bits per heavy atom. The van der Waals surface area contributed by atoms with Gasteiger partial charge >= 0.3 is 0 Å². The van der Waals surface area contributed by atoms with Gasteiger partial charge in [-0.2, -0.15) is 0 Å². The van der Waals surface area contributed by atoms with Crippen LogP contribution in [0.15, 0.2) is 42.6 Å². The molecule has 2 amide bonds. The SMILES string of the molecule is C[C@H]1CN([C@@H](C)CO)C(=O)c2cc(/C=C/c3ccccc3)cnc2O[C@H]1CN(C)C(=O)CN1CCOCC1. The monoisotopic (exact) mass is 522 g/mol. The molecule has 1 saturated heterocycles. The topological polar surface area (TPSA) is 95.4 Å². The van der Waals surface area contributed by atoms with E-state index in [2.05, 4.69) is 9.88 Å². The van der Waals surface area contributed by atoms with Crippen LogP contribution >= 0.6 is 0 Å². The maximum atomic E-state index is 13.6. The van der Waals surface area contributed by atoms with Crippen molar-refractivity contribution in [3.63, 3.8) is 0 Å². The average molecular weight is 523 g/mol. The quantitative estimate of drug-likeness (QED) is 0.568. The van der Waals surface area contributed by atoms with Gasteiger partial charge in [0.05, 0.1) is 39.0 Å². The standard InChI is InChI=1S/C29H38N4O5/c1-21-17-33(22(2)20-34)29(36)25-15-24(10-9-23-7-5-4-6-8-23)16-30-28(25)38-26(21)18-31(3)27(35)19-32-11-13-37-14-12-32/h4-10,15-16,21-22,26,34H,11-14,17-20H2,1-3H3/b10-9+/t21-,22-,26-/m0/s1.